The van der Waals surface area contributed by atoms with E-state index in [1.54, 1.807) is 12.1 Å². The van der Waals surface area contributed by atoms with E-state index in [0.717, 1.165) is 6.42 Å². The molecule has 1 atom stereocenters. The first kappa shape index (κ1) is 15.9. The van der Waals surface area contributed by atoms with Crippen molar-refractivity contribution in [2.75, 3.05) is 6.54 Å². The molecule has 0 bridgehead atoms. The molecule has 5 heteroatoms. The van der Waals surface area contributed by atoms with Crippen molar-refractivity contribution < 1.29 is 18.7 Å². The van der Waals surface area contributed by atoms with E-state index < -0.39 is 12.1 Å². The Bertz CT molecular complexity index is 500. The number of halogens is 1. The molecule has 0 aromatic heterocycles. The smallest absolute Gasteiger partial charge is 0.331 e. The summed E-state index contributed by atoms with van der Waals surface area (Å²) in [5.74, 6) is -1.36. The zero-order valence-electron chi connectivity index (χ0n) is 11.6. The van der Waals surface area contributed by atoms with Crippen LogP contribution < -0.4 is 5.32 Å². The van der Waals surface area contributed by atoms with Crippen molar-refractivity contribution in [1.82, 2.24) is 5.32 Å². The summed E-state index contributed by atoms with van der Waals surface area (Å²) >= 11 is 0. The summed E-state index contributed by atoms with van der Waals surface area (Å²) in [6, 6.07) is 5.81. The fourth-order valence-electron chi connectivity index (χ4n) is 1.43. The van der Waals surface area contributed by atoms with Crippen molar-refractivity contribution in [3.05, 3.63) is 41.7 Å². The minimum atomic E-state index is -0.855. The van der Waals surface area contributed by atoms with Crippen molar-refractivity contribution in [2.24, 2.45) is 0 Å². The van der Waals surface area contributed by atoms with E-state index in [4.69, 9.17) is 4.74 Å². The van der Waals surface area contributed by atoms with Crippen LogP contribution in [0.4, 0.5) is 4.39 Å². The van der Waals surface area contributed by atoms with Crippen LogP contribution in [0.2, 0.25) is 0 Å². The lowest BCUT2D eigenvalue weighted by Crippen LogP contribution is -2.35. The number of nitrogens with one attached hydrogen (secondary N) is 1. The highest BCUT2D eigenvalue weighted by Gasteiger charge is 2.15. The van der Waals surface area contributed by atoms with Gasteiger partial charge in [-0.1, -0.05) is 19.1 Å². The first-order valence-electron chi connectivity index (χ1n) is 6.45. The standard InChI is InChI=1S/C15H18FNO3/c1-3-9-17-15(19)11(2)20-14(18)8-7-12-5-4-6-13(16)10-12/h4-8,10-11H,3,9H2,1-2H3,(H,17,19)/b8-7+. The molecule has 0 saturated heterocycles. The van der Waals surface area contributed by atoms with Crippen molar-refractivity contribution in [3.8, 4) is 0 Å². The van der Waals surface area contributed by atoms with E-state index >= 15 is 0 Å². The van der Waals surface area contributed by atoms with Gasteiger partial charge in [0.15, 0.2) is 6.10 Å². The maximum atomic E-state index is 12.9. The molecule has 0 aliphatic rings. The van der Waals surface area contributed by atoms with E-state index in [2.05, 4.69) is 5.32 Å². The van der Waals surface area contributed by atoms with Crippen LogP contribution in [0.5, 0.6) is 0 Å². The summed E-state index contributed by atoms with van der Waals surface area (Å²) < 4.78 is 17.9. The molecule has 108 valence electrons. The molecule has 20 heavy (non-hydrogen) atoms. The van der Waals surface area contributed by atoms with Gasteiger partial charge in [0.25, 0.3) is 5.91 Å². The molecule has 1 N–H and O–H groups in total. The SMILES string of the molecule is CCCNC(=O)C(C)OC(=O)/C=C/c1cccc(F)c1. The fourth-order valence-corrected chi connectivity index (χ4v) is 1.43. The Labute approximate surface area is 117 Å². The van der Waals surface area contributed by atoms with Crippen LogP contribution in [-0.2, 0) is 14.3 Å². The van der Waals surface area contributed by atoms with Crippen molar-refractivity contribution >= 4 is 18.0 Å². The molecule has 1 aromatic rings. The molecule has 1 amide bonds. The van der Waals surface area contributed by atoms with Gasteiger partial charge in [-0.05, 0) is 37.1 Å². The van der Waals surface area contributed by atoms with Gasteiger partial charge in [-0.15, -0.1) is 0 Å². The number of hydrogen-bond acceptors (Lipinski definition) is 3. The predicted octanol–water partition coefficient (Wildman–Crippen LogP) is 2.30. The number of esters is 1. The number of carbonyl (C=O) groups is 2. The number of ether oxygens (including phenoxy) is 1. The highest BCUT2D eigenvalue weighted by atomic mass is 19.1. The minimum Gasteiger partial charge on any atom is -0.449 e. The van der Waals surface area contributed by atoms with Gasteiger partial charge in [0.05, 0.1) is 0 Å². The Morgan fingerprint density at radius 2 is 2.20 bits per heavy atom. The van der Waals surface area contributed by atoms with Crippen LogP contribution in [0.25, 0.3) is 6.08 Å². The molecular formula is C15H18FNO3. The molecule has 4 nitrogen and oxygen atoms in total. The Balaban J connectivity index is 2.49. The van der Waals surface area contributed by atoms with Gasteiger partial charge < -0.3 is 10.1 Å². The summed E-state index contributed by atoms with van der Waals surface area (Å²) in [4.78, 5) is 23.0. The zero-order valence-corrected chi connectivity index (χ0v) is 11.6. The Morgan fingerprint density at radius 3 is 2.85 bits per heavy atom. The first-order valence-corrected chi connectivity index (χ1v) is 6.45. The molecule has 0 radical (unpaired) electrons. The van der Waals surface area contributed by atoms with E-state index in [-0.39, 0.29) is 11.7 Å². The Kier molecular flexibility index (Phi) is 6.43. The second kappa shape index (κ2) is 8.09. The Morgan fingerprint density at radius 1 is 1.45 bits per heavy atom. The summed E-state index contributed by atoms with van der Waals surface area (Å²) in [5, 5.41) is 2.63. The van der Waals surface area contributed by atoms with Crippen LogP contribution >= 0.6 is 0 Å². The quantitative estimate of drug-likeness (QED) is 0.642. The molecule has 0 heterocycles. The number of benzene rings is 1. The molecule has 0 saturated carbocycles. The lowest BCUT2D eigenvalue weighted by atomic mass is 10.2. The average Bonchev–Trinajstić information content (AvgIpc) is 2.42. The van der Waals surface area contributed by atoms with Gasteiger partial charge in [-0.2, -0.15) is 0 Å². The van der Waals surface area contributed by atoms with Crippen LogP contribution in [0, 0.1) is 5.82 Å². The molecule has 1 aromatic carbocycles. The maximum absolute atomic E-state index is 12.9. The lowest BCUT2D eigenvalue weighted by molar-refractivity contribution is -0.150. The monoisotopic (exact) mass is 279 g/mol. The molecular weight excluding hydrogens is 261 g/mol. The highest BCUT2D eigenvalue weighted by molar-refractivity contribution is 5.90. The highest BCUT2D eigenvalue weighted by Crippen LogP contribution is 2.05. The number of amides is 1. The maximum Gasteiger partial charge on any atom is 0.331 e. The third-order valence-electron chi connectivity index (χ3n) is 2.47. The van der Waals surface area contributed by atoms with Crippen LogP contribution in [0.3, 0.4) is 0 Å². The fraction of sp³-hybridized carbons (Fsp3) is 0.333. The molecule has 0 aliphatic carbocycles. The van der Waals surface area contributed by atoms with E-state index in [1.165, 1.54) is 31.2 Å². The largest absolute Gasteiger partial charge is 0.449 e. The van der Waals surface area contributed by atoms with Crippen LogP contribution in [0.1, 0.15) is 25.8 Å². The normalized spacial score (nSPS) is 12.2. The minimum absolute atomic E-state index is 0.334. The van der Waals surface area contributed by atoms with E-state index in [1.807, 2.05) is 6.92 Å². The van der Waals surface area contributed by atoms with Crippen LogP contribution in [-0.4, -0.2) is 24.5 Å². The molecule has 1 rings (SSSR count). The Hall–Kier alpha value is -2.17. The van der Waals surface area contributed by atoms with Gasteiger partial charge in [-0.25, -0.2) is 9.18 Å². The van der Waals surface area contributed by atoms with E-state index in [0.29, 0.717) is 12.1 Å². The first-order chi connectivity index (χ1) is 9.52. The van der Waals surface area contributed by atoms with Gasteiger partial charge >= 0.3 is 5.97 Å². The zero-order chi connectivity index (χ0) is 15.0. The van der Waals surface area contributed by atoms with Gasteiger partial charge in [0, 0.05) is 12.6 Å². The van der Waals surface area contributed by atoms with Crippen molar-refractivity contribution in [3.63, 3.8) is 0 Å². The lowest BCUT2D eigenvalue weighted by Gasteiger charge is -2.11. The van der Waals surface area contributed by atoms with Gasteiger partial charge in [-0.3, -0.25) is 4.79 Å². The summed E-state index contributed by atoms with van der Waals surface area (Å²) in [7, 11) is 0. The summed E-state index contributed by atoms with van der Waals surface area (Å²) in [6.45, 7) is 3.97. The second-order valence-corrected chi connectivity index (χ2v) is 4.26. The molecule has 0 fully saturated rings. The van der Waals surface area contributed by atoms with E-state index in [9.17, 15) is 14.0 Å². The van der Waals surface area contributed by atoms with Crippen molar-refractivity contribution in [2.45, 2.75) is 26.4 Å². The topological polar surface area (TPSA) is 55.4 Å². The second-order valence-electron chi connectivity index (χ2n) is 4.26. The van der Waals surface area contributed by atoms with Crippen LogP contribution in [0.15, 0.2) is 30.3 Å². The number of carbonyl (C=O) groups excluding carboxylic acids is 2. The summed E-state index contributed by atoms with van der Waals surface area (Å²) in [5.41, 5.74) is 0.546. The number of rotatable bonds is 6. The third kappa shape index (κ3) is 5.65. The third-order valence-corrected chi connectivity index (χ3v) is 2.47. The molecule has 0 spiro atoms. The van der Waals surface area contributed by atoms with Gasteiger partial charge in [0.1, 0.15) is 5.82 Å². The predicted molar refractivity (Wildman–Crippen MR) is 74.3 cm³/mol. The van der Waals surface area contributed by atoms with Crippen molar-refractivity contribution in [1.29, 1.82) is 0 Å². The summed E-state index contributed by atoms with van der Waals surface area (Å²) in [6.07, 6.45) is 2.55. The van der Waals surface area contributed by atoms with Gasteiger partial charge in [0.2, 0.25) is 0 Å². The average molecular weight is 279 g/mol. The number of hydrogen-bond donors (Lipinski definition) is 1. The molecule has 0 aliphatic heterocycles. The molecule has 1 unspecified atom stereocenters.